The van der Waals surface area contributed by atoms with Gasteiger partial charge in [0.05, 0.1) is 10.6 Å². The molecule has 2 aromatic rings. The number of rotatable bonds is 5. The average Bonchev–Trinajstić information content (AvgIpc) is 2.56. The van der Waals surface area contributed by atoms with Crippen LogP contribution < -0.4 is 14.9 Å². The molecule has 6 nitrogen and oxygen atoms in total. The van der Waals surface area contributed by atoms with Crippen molar-refractivity contribution >= 4 is 44.6 Å². The Morgan fingerprint density at radius 1 is 1.08 bits per heavy atom. The predicted octanol–water partition coefficient (Wildman–Crippen LogP) is 2.73. The zero-order valence-corrected chi connectivity index (χ0v) is 15.5. The van der Waals surface area contributed by atoms with E-state index in [1.54, 1.807) is 43.3 Å². The number of carbonyl (C=O) groups excluding carboxylic acids is 1. The van der Waals surface area contributed by atoms with Gasteiger partial charge in [-0.2, -0.15) is 0 Å². The maximum atomic E-state index is 12.9. The van der Waals surface area contributed by atoms with Crippen molar-refractivity contribution in [2.24, 2.45) is 0 Å². The van der Waals surface area contributed by atoms with Crippen LogP contribution in [-0.2, 0) is 14.8 Å². The summed E-state index contributed by atoms with van der Waals surface area (Å²) in [6, 6.07) is 15.1. The zero-order valence-electron chi connectivity index (χ0n) is 13.9. The summed E-state index contributed by atoms with van der Waals surface area (Å²) in [5.74, 6) is -0.279. The Hall–Kier alpha value is -2.45. The lowest BCUT2D eigenvalue weighted by Crippen LogP contribution is -2.32. The molecule has 0 saturated heterocycles. The standard InChI is InChI=1S/C17H19N3O3S2/c1-3-20(15-7-5-4-6-8-15)25(22,23)16-11-9-14(10-12-16)19-17(24)18-13(2)21/h4-12H,3H2,1-2H3,(H2,18,19,21,24). The number of para-hydroxylation sites is 1. The minimum absolute atomic E-state index is 0.155. The molecule has 2 rings (SSSR count). The van der Waals surface area contributed by atoms with Gasteiger partial charge in [0.25, 0.3) is 10.0 Å². The van der Waals surface area contributed by atoms with E-state index in [-0.39, 0.29) is 15.9 Å². The predicted molar refractivity (Wildman–Crippen MR) is 103 cm³/mol. The second-order valence-corrected chi connectivity index (χ2v) is 7.44. The zero-order chi connectivity index (χ0) is 18.4. The molecular formula is C17H19N3O3S2. The SMILES string of the molecule is CCN(c1ccccc1)S(=O)(=O)c1ccc(NC(=S)NC(C)=O)cc1. The molecule has 1 amide bonds. The summed E-state index contributed by atoms with van der Waals surface area (Å²) >= 11 is 4.97. The number of nitrogens with one attached hydrogen (secondary N) is 2. The molecule has 2 aromatic carbocycles. The highest BCUT2D eigenvalue weighted by molar-refractivity contribution is 7.92. The molecule has 2 N–H and O–H groups in total. The molecule has 0 radical (unpaired) electrons. The Morgan fingerprint density at radius 3 is 2.20 bits per heavy atom. The number of sulfonamides is 1. The first kappa shape index (κ1) is 18.9. The molecule has 0 fully saturated rings. The lowest BCUT2D eigenvalue weighted by Gasteiger charge is -2.23. The Kier molecular flexibility index (Phi) is 6.11. The molecule has 0 bridgehead atoms. The Bertz CT molecular complexity index is 850. The Morgan fingerprint density at radius 2 is 1.68 bits per heavy atom. The van der Waals surface area contributed by atoms with Crippen molar-refractivity contribution < 1.29 is 13.2 Å². The lowest BCUT2D eigenvalue weighted by atomic mass is 10.3. The molecule has 0 aromatic heterocycles. The molecule has 132 valence electrons. The normalized spacial score (nSPS) is 10.8. The third-order valence-electron chi connectivity index (χ3n) is 3.32. The van der Waals surface area contributed by atoms with E-state index in [2.05, 4.69) is 10.6 Å². The van der Waals surface area contributed by atoms with E-state index in [4.69, 9.17) is 12.2 Å². The molecule has 8 heteroatoms. The van der Waals surface area contributed by atoms with E-state index >= 15 is 0 Å². The van der Waals surface area contributed by atoms with Gasteiger partial charge in [0.15, 0.2) is 5.11 Å². The van der Waals surface area contributed by atoms with Crippen molar-refractivity contribution in [2.45, 2.75) is 18.7 Å². The second kappa shape index (κ2) is 8.09. The fourth-order valence-electron chi connectivity index (χ4n) is 2.25. The maximum Gasteiger partial charge on any atom is 0.264 e. The van der Waals surface area contributed by atoms with Crippen LogP contribution in [0.1, 0.15) is 13.8 Å². The minimum atomic E-state index is -3.67. The molecule has 25 heavy (non-hydrogen) atoms. The summed E-state index contributed by atoms with van der Waals surface area (Å²) in [4.78, 5) is 11.1. The minimum Gasteiger partial charge on any atom is -0.332 e. The lowest BCUT2D eigenvalue weighted by molar-refractivity contribution is -0.117. The van der Waals surface area contributed by atoms with Crippen LogP contribution in [0.2, 0.25) is 0 Å². The number of amides is 1. The molecule has 0 aliphatic carbocycles. The van der Waals surface area contributed by atoms with Crippen LogP contribution >= 0.6 is 12.2 Å². The van der Waals surface area contributed by atoms with Crippen LogP contribution in [-0.4, -0.2) is 26.0 Å². The smallest absolute Gasteiger partial charge is 0.264 e. The quantitative estimate of drug-likeness (QED) is 0.784. The summed E-state index contributed by atoms with van der Waals surface area (Å²) in [7, 11) is -3.67. The second-order valence-electron chi connectivity index (χ2n) is 5.17. The molecule has 0 spiro atoms. The number of hydrogen-bond donors (Lipinski definition) is 2. The molecular weight excluding hydrogens is 358 g/mol. The van der Waals surface area contributed by atoms with Gasteiger partial charge in [0.2, 0.25) is 5.91 Å². The summed E-state index contributed by atoms with van der Waals surface area (Å²) in [5, 5.41) is 5.41. The van der Waals surface area contributed by atoms with Gasteiger partial charge in [-0.1, -0.05) is 18.2 Å². The van der Waals surface area contributed by atoms with Crippen molar-refractivity contribution in [1.29, 1.82) is 0 Å². The van der Waals surface area contributed by atoms with Crippen molar-refractivity contribution in [2.75, 3.05) is 16.2 Å². The first-order valence-corrected chi connectivity index (χ1v) is 9.46. The number of hydrogen-bond acceptors (Lipinski definition) is 4. The van der Waals surface area contributed by atoms with Crippen LogP contribution in [0.4, 0.5) is 11.4 Å². The number of thiocarbonyl (C=S) groups is 1. The topological polar surface area (TPSA) is 78.5 Å². The molecule has 0 atom stereocenters. The van der Waals surface area contributed by atoms with Crippen molar-refractivity contribution in [3.63, 3.8) is 0 Å². The molecule has 0 heterocycles. The van der Waals surface area contributed by atoms with Crippen molar-refractivity contribution in [1.82, 2.24) is 5.32 Å². The molecule has 0 aliphatic heterocycles. The third-order valence-corrected chi connectivity index (χ3v) is 5.44. The average molecular weight is 377 g/mol. The van der Waals surface area contributed by atoms with Crippen LogP contribution in [0.15, 0.2) is 59.5 Å². The van der Waals surface area contributed by atoms with Gasteiger partial charge in [-0.25, -0.2) is 8.42 Å². The van der Waals surface area contributed by atoms with E-state index in [0.717, 1.165) is 0 Å². The number of carbonyl (C=O) groups is 1. The van der Waals surface area contributed by atoms with Crippen LogP contribution in [0.5, 0.6) is 0 Å². The summed E-state index contributed by atoms with van der Waals surface area (Å²) < 4.78 is 27.1. The number of anilines is 2. The van der Waals surface area contributed by atoms with Gasteiger partial charge in [-0.3, -0.25) is 9.10 Å². The van der Waals surface area contributed by atoms with E-state index in [1.165, 1.54) is 23.4 Å². The van der Waals surface area contributed by atoms with Gasteiger partial charge in [-0.15, -0.1) is 0 Å². The van der Waals surface area contributed by atoms with Crippen molar-refractivity contribution in [3.05, 3.63) is 54.6 Å². The monoisotopic (exact) mass is 377 g/mol. The van der Waals surface area contributed by atoms with E-state index in [1.807, 2.05) is 6.07 Å². The van der Waals surface area contributed by atoms with Gasteiger partial charge in [0.1, 0.15) is 0 Å². The molecule has 0 aliphatic rings. The third kappa shape index (κ3) is 4.77. The fourth-order valence-corrected chi connectivity index (χ4v) is 3.98. The van der Waals surface area contributed by atoms with Gasteiger partial charge >= 0.3 is 0 Å². The summed E-state index contributed by atoms with van der Waals surface area (Å²) in [5.41, 5.74) is 1.19. The van der Waals surface area contributed by atoms with E-state index < -0.39 is 10.0 Å². The Labute approximate surface area is 152 Å². The number of nitrogens with zero attached hydrogens (tertiary/aromatic N) is 1. The van der Waals surface area contributed by atoms with Gasteiger partial charge < -0.3 is 10.6 Å². The molecule has 0 unspecified atom stereocenters. The first-order valence-electron chi connectivity index (χ1n) is 7.61. The molecule has 0 saturated carbocycles. The fraction of sp³-hybridized carbons (Fsp3) is 0.176. The first-order chi connectivity index (χ1) is 11.8. The van der Waals surface area contributed by atoms with Crippen LogP contribution in [0, 0.1) is 0 Å². The Balaban J connectivity index is 2.22. The maximum absolute atomic E-state index is 12.9. The highest BCUT2D eigenvalue weighted by Crippen LogP contribution is 2.24. The van der Waals surface area contributed by atoms with Gasteiger partial charge in [-0.05, 0) is 55.5 Å². The summed E-state index contributed by atoms with van der Waals surface area (Å²) in [6.07, 6.45) is 0. The van der Waals surface area contributed by atoms with E-state index in [0.29, 0.717) is 17.9 Å². The van der Waals surface area contributed by atoms with Crippen molar-refractivity contribution in [3.8, 4) is 0 Å². The van der Waals surface area contributed by atoms with E-state index in [9.17, 15) is 13.2 Å². The summed E-state index contributed by atoms with van der Waals surface area (Å²) in [6.45, 7) is 3.46. The van der Waals surface area contributed by atoms with Crippen LogP contribution in [0.25, 0.3) is 0 Å². The largest absolute Gasteiger partial charge is 0.332 e. The number of benzene rings is 2. The highest BCUT2D eigenvalue weighted by Gasteiger charge is 2.23. The van der Waals surface area contributed by atoms with Crippen LogP contribution in [0.3, 0.4) is 0 Å². The van der Waals surface area contributed by atoms with Gasteiger partial charge in [0, 0.05) is 19.2 Å². The highest BCUT2D eigenvalue weighted by atomic mass is 32.2.